The molecule has 1 aromatic carbocycles. The molecule has 2 rings (SSSR count). The van der Waals surface area contributed by atoms with Gasteiger partial charge in [-0.2, -0.15) is 0 Å². The topological polar surface area (TPSA) is 52.0 Å². The Hall–Kier alpha value is -1.35. The van der Waals surface area contributed by atoms with E-state index in [0.717, 1.165) is 42.8 Å². The van der Waals surface area contributed by atoms with Crippen LogP contribution >= 0.6 is 0 Å². The highest BCUT2D eigenvalue weighted by Crippen LogP contribution is 2.22. The summed E-state index contributed by atoms with van der Waals surface area (Å²) in [6.45, 7) is 4.96. The number of aromatic nitrogens is 1. The number of nitrogens with two attached hydrogens (primary N) is 1. The fraction of sp³-hybridized carbons (Fsp3) is 0.533. The highest BCUT2D eigenvalue weighted by atomic mass is 16.3. The van der Waals surface area contributed by atoms with Gasteiger partial charge in [0.2, 0.25) is 0 Å². The van der Waals surface area contributed by atoms with Crippen molar-refractivity contribution in [1.29, 1.82) is 0 Å². The van der Waals surface area contributed by atoms with Crippen LogP contribution in [-0.2, 0) is 6.42 Å². The van der Waals surface area contributed by atoms with Crippen LogP contribution < -0.4 is 5.73 Å². The SMILES string of the molecule is Cc1cc(C)c2oc(CCCCCCN)nc2c1. The first-order valence-corrected chi connectivity index (χ1v) is 6.77. The van der Waals surface area contributed by atoms with Gasteiger partial charge in [-0.05, 0) is 50.4 Å². The van der Waals surface area contributed by atoms with Crippen molar-refractivity contribution in [2.24, 2.45) is 5.73 Å². The average Bonchev–Trinajstić information content (AvgIpc) is 2.72. The van der Waals surface area contributed by atoms with Crippen molar-refractivity contribution in [3.05, 3.63) is 29.2 Å². The minimum atomic E-state index is 0.793. The van der Waals surface area contributed by atoms with Crippen LogP contribution in [-0.4, -0.2) is 11.5 Å². The highest BCUT2D eigenvalue weighted by molar-refractivity contribution is 5.77. The lowest BCUT2D eigenvalue weighted by Gasteiger charge is -1.97. The van der Waals surface area contributed by atoms with Crippen LogP contribution in [0.5, 0.6) is 0 Å². The first kappa shape index (κ1) is 13.1. The molecule has 0 saturated carbocycles. The number of benzene rings is 1. The number of oxazole rings is 1. The van der Waals surface area contributed by atoms with Gasteiger partial charge in [0.15, 0.2) is 11.5 Å². The van der Waals surface area contributed by atoms with Gasteiger partial charge in [0.1, 0.15) is 5.52 Å². The molecule has 0 aliphatic rings. The minimum absolute atomic E-state index is 0.793. The van der Waals surface area contributed by atoms with Gasteiger partial charge < -0.3 is 10.2 Å². The Bertz CT molecular complexity index is 516. The number of unbranched alkanes of at least 4 members (excludes halogenated alkanes) is 3. The third-order valence-corrected chi connectivity index (χ3v) is 3.21. The molecule has 0 bridgehead atoms. The fourth-order valence-corrected chi connectivity index (χ4v) is 2.30. The van der Waals surface area contributed by atoms with Gasteiger partial charge in [-0.15, -0.1) is 0 Å². The molecule has 18 heavy (non-hydrogen) atoms. The van der Waals surface area contributed by atoms with E-state index in [4.69, 9.17) is 10.2 Å². The molecule has 0 amide bonds. The van der Waals surface area contributed by atoms with E-state index < -0.39 is 0 Å². The van der Waals surface area contributed by atoms with E-state index in [1.165, 1.54) is 24.0 Å². The van der Waals surface area contributed by atoms with Crippen LogP contribution in [0.3, 0.4) is 0 Å². The van der Waals surface area contributed by atoms with Gasteiger partial charge in [-0.3, -0.25) is 0 Å². The predicted octanol–water partition coefficient (Wildman–Crippen LogP) is 3.51. The van der Waals surface area contributed by atoms with Crippen molar-refractivity contribution < 1.29 is 4.42 Å². The number of nitrogens with zero attached hydrogens (tertiary/aromatic N) is 1. The number of hydrogen-bond acceptors (Lipinski definition) is 3. The second-order valence-electron chi connectivity index (χ2n) is 4.99. The Morgan fingerprint density at radius 1 is 1.11 bits per heavy atom. The van der Waals surface area contributed by atoms with E-state index in [1.54, 1.807) is 0 Å². The molecule has 1 heterocycles. The summed E-state index contributed by atoms with van der Waals surface area (Å²) in [5.74, 6) is 0.867. The molecular weight excluding hydrogens is 224 g/mol. The van der Waals surface area contributed by atoms with Crippen LogP contribution in [0.1, 0.15) is 42.7 Å². The Kier molecular flexibility index (Phi) is 4.37. The summed E-state index contributed by atoms with van der Waals surface area (Å²) in [5, 5.41) is 0. The van der Waals surface area contributed by atoms with Gasteiger partial charge >= 0.3 is 0 Å². The molecule has 0 saturated heterocycles. The maximum Gasteiger partial charge on any atom is 0.195 e. The molecule has 1 aromatic heterocycles. The van der Waals surface area contributed by atoms with E-state index in [0.29, 0.717) is 0 Å². The van der Waals surface area contributed by atoms with E-state index in [9.17, 15) is 0 Å². The monoisotopic (exact) mass is 246 g/mol. The summed E-state index contributed by atoms with van der Waals surface area (Å²) in [7, 11) is 0. The summed E-state index contributed by atoms with van der Waals surface area (Å²) < 4.78 is 5.82. The van der Waals surface area contributed by atoms with E-state index in [-0.39, 0.29) is 0 Å². The summed E-state index contributed by atoms with van der Waals surface area (Å²) in [5.41, 5.74) is 9.82. The molecule has 3 nitrogen and oxygen atoms in total. The van der Waals surface area contributed by atoms with E-state index in [2.05, 4.69) is 31.0 Å². The molecule has 2 N–H and O–H groups in total. The predicted molar refractivity (Wildman–Crippen MR) is 74.7 cm³/mol. The number of hydrogen-bond donors (Lipinski definition) is 1. The smallest absolute Gasteiger partial charge is 0.195 e. The van der Waals surface area contributed by atoms with Crippen molar-refractivity contribution in [2.75, 3.05) is 6.54 Å². The summed E-state index contributed by atoms with van der Waals surface area (Å²) >= 11 is 0. The first-order chi connectivity index (χ1) is 8.70. The number of rotatable bonds is 6. The largest absolute Gasteiger partial charge is 0.440 e. The molecule has 0 spiro atoms. The zero-order valence-corrected chi connectivity index (χ0v) is 11.3. The highest BCUT2D eigenvalue weighted by Gasteiger charge is 2.08. The van der Waals surface area contributed by atoms with Crippen LogP contribution in [0.2, 0.25) is 0 Å². The normalized spacial score (nSPS) is 11.3. The van der Waals surface area contributed by atoms with Gasteiger partial charge in [-0.1, -0.05) is 18.9 Å². The second kappa shape index (κ2) is 6.01. The Morgan fingerprint density at radius 2 is 1.89 bits per heavy atom. The third kappa shape index (κ3) is 3.10. The molecule has 0 fully saturated rings. The van der Waals surface area contributed by atoms with Crippen LogP contribution in [0.15, 0.2) is 16.5 Å². The van der Waals surface area contributed by atoms with Crippen molar-refractivity contribution >= 4 is 11.1 Å². The summed E-state index contributed by atoms with van der Waals surface area (Å²) in [4.78, 5) is 4.56. The molecule has 0 unspecified atom stereocenters. The van der Waals surface area contributed by atoms with Gasteiger partial charge in [0.05, 0.1) is 0 Å². The maximum atomic E-state index is 5.82. The van der Waals surface area contributed by atoms with Crippen LogP contribution in [0.25, 0.3) is 11.1 Å². The summed E-state index contributed by atoms with van der Waals surface area (Å²) in [6.07, 6.45) is 5.58. The quantitative estimate of drug-likeness (QED) is 0.793. The Balaban J connectivity index is 2.00. The summed E-state index contributed by atoms with van der Waals surface area (Å²) in [6, 6.07) is 4.22. The van der Waals surface area contributed by atoms with Crippen molar-refractivity contribution in [3.63, 3.8) is 0 Å². The minimum Gasteiger partial charge on any atom is -0.440 e. The number of fused-ring (bicyclic) bond motifs is 1. The van der Waals surface area contributed by atoms with E-state index >= 15 is 0 Å². The molecule has 2 aromatic rings. The molecule has 3 heteroatoms. The van der Waals surface area contributed by atoms with Gasteiger partial charge in [-0.25, -0.2) is 4.98 Å². The standard InChI is InChI=1S/C15H22N2O/c1-11-9-12(2)15-13(10-11)17-14(18-15)7-5-3-4-6-8-16/h9-10H,3-8,16H2,1-2H3. The Morgan fingerprint density at radius 3 is 2.67 bits per heavy atom. The van der Waals surface area contributed by atoms with E-state index in [1.807, 2.05) is 0 Å². The average molecular weight is 246 g/mol. The lowest BCUT2D eigenvalue weighted by atomic mass is 10.1. The molecule has 0 aliphatic carbocycles. The molecular formula is C15H22N2O. The second-order valence-corrected chi connectivity index (χ2v) is 4.99. The molecule has 0 radical (unpaired) electrons. The molecule has 0 aliphatic heterocycles. The van der Waals surface area contributed by atoms with Crippen molar-refractivity contribution in [1.82, 2.24) is 4.98 Å². The van der Waals surface area contributed by atoms with Crippen molar-refractivity contribution in [2.45, 2.75) is 46.0 Å². The van der Waals surface area contributed by atoms with Gasteiger partial charge in [0, 0.05) is 6.42 Å². The van der Waals surface area contributed by atoms with Crippen LogP contribution in [0, 0.1) is 13.8 Å². The maximum absolute atomic E-state index is 5.82. The third-order valence-electron chi connectivity index (χ3n) is 3.21. The molecule has 0 atom stereocenters. The lowest BCUT2D eigenvalue weighted by molar-refractivity contribution is 0.507. The fourth-order valence-electron chi connectivity index (χ4n) is 2.30. The molecule has 98 valence electrons. The zero-order chi connectivity index (χ0) is 13.0. The zero-order valence-electron chi connectivity index (χ0n) is 11.3. The first-order valence-electron chi connectivity index (χ1n) is 6.77. The van der Waals surface area contributed by atoms with Crippen LogP contribution in [0.4, 0.5) is 0 Å². The van der Waals surface area contributed by atoms with Gasteiger partial charge in [0.25, 0.3) is 0 Å². The number of aryl methyl sites for hydroxylation is 3. The van der Waals surface area contributed by atoms with Crippen molar-refractivity contribution in [3.8, 4) is 0 Å². The lowest BCUT2D eigenvalue weighted by Crippen LogP contribution is -1.97. The Labute approximate surface area is 108 Å².